The Morgan fingerprint density at radius 3 is 2.52 bits per heavy atom. The van der Waals surface area contributed by atoms with Crippen molar-refractivity contribution >= 4 is 32.3 Å². The van der Waals surface area contributed by atoms with Gasteiger partial charge in [0.15, 0.2) is 5.75 Å². The Labute approximate surface area is 139 Å². The summed E-state index contributed by atoms with van der Waals surface area (Å²) in [5.74, 6) is -0.221. The number of benzene rings is 2. The van der Waals surface area contributed by atoms with Crippen LogP contribution in [0.3, 0.4) is 0 Å². The Bertz CT molecular complexity index is 1030. The van der Waals surface area contributed by atoms with E-state index < -0.39 is 9.84 Å². The maximum absolute atomic E-state index is 13.0. The summed E-state index contributed by atoms with van der Waals surface area (Å²) in [6, 6.07) is 9.46. The number of aryl methyl sites for hydroxylation is 2. The molecule has 1 heterocycles. The molecule has 0 fully saturated rings. The highest BCUT2D eigenvalue weighted by atomic mass is 35.5. The van der Waals surface area contributed by atoms with Gasteiger partial charge in [0.25, 0.3) is 0 Å². The second kappa shape index (κ2) is 5.51. The van der Waals surface area contributed by atoms with Crippen molar-refractivity contribution in [2.24, 2.45) is 0 Å². The van der Waals surface area contributed by atoms with E-state index in [1.54, 1.807) is 30.3 Å². The zero-order valence-electron chi connectivity index (χ0n) is 12.5. The summed E-state index contributed by atoms with van der Waals surface area (Å²) in [6.07, 6.45) is 1.48. The van der Waals surface area contributed by atoms with Gasteiger partial charge >= 0.3 is 0 Å². The molecule has 0 aliphatic heterocycles. The predicted molar refractivity (Wildman–Crippen MR) is 89.8 cm³/mol. The number of rotatable bonds is 2. The molecule has 0 atom stereocenters. The van der Waals surface area contributed by atoms with Crippen LogP contribution in [0.1, 0.15) is 11.1 Å². The molecule has 3 rings (SSSR count). The van der Waals surface area contributed by atoms with E-state index in [1.165, 1.54) is 12.3 Å². The monoisotopic (exact) mass is 347 g/mol. The highest BCUT2D eigenvalue weighted by molar-refractivity contribution is 7.91. The number of hydrogen-bond donors (Lipinski definition) is 1. The van der Waals surface area contributed by atoms with Gasteiger partial charge in [0, 0.05) is 11.6 Å². The maximum atomic E-state index is 13.0. The van der Waals surface area contributed by atoms with E-state index in [2.05, 4.69) is 4.98 Å². The van der Waals surface area contributed by atoms with Gasteiger partial charge in [-0.25, -0.2) is 8.42 Å². The van der Waals surface area contributed by atoms with Crippen LogP contribution in [-0.2, 0) is 9.84 Å². The second-order valence-electron chi connectivity index (χ2n) is 5.35. The summed E-state index contributed by atoms with van der Waals surface area (Å²) in [7, 11) is -3.78. The lowest BCUT2D eigenvalue weighted by atomic mass is 10.1. The number of phenolic OH excluding ortho intramolecular Hbond substituents is 1. The highest BCUT2D eigenvalue weighted by Gasteiger charge is 2.24. The Balaban J connectivity index is 2.35. The molecule has 1 aromatic heterocycles. The summed E-state index contributed by atoms with van der Waals surface area (Å²) in [6.45, 7) is 3.78. The predicted octanol–water partition coefficient (Wildman–Crippen LogP) is 4.04. The molecule has 2 aromatic carbocycles. The Morgan fingerprint density at radius 1 is 1.09 bits per heavy atom. The topological polar surface area (TPSA) is 67.3 Å². The van der Waals surface area contributed by atoms with Gasteiger partial charge in [0.2, 0.25) is 9.84 Å². The molecule has 0 saturated carbocycles. The molecule has 0 aliphatic rings. The normalized spacial score (nSPS) is 11.8. The van der Waals surface area contributed by atoms with Gasteiger partial charge in [-0.3, -0.25) is 4.98 Å². The third-order valence-corrected chi connectivity index (χ3v) is 5.94. The highest BCUT2D eigenvalue weighted by Crippen LogP contribution is 2.37. The van der Waals surface area contributed by atoms with E-state index >= 15 is 0 Å². The molecule has 0 aliphatic carbocycles. The number of aromatic hydroxyl groups is 1. The first-order chi connectivity index (χ1) is 10.8. The first-order valence-electron chi connectivity index (χ1n) is 6.91. The van der Waals surface area contributed by atoms with Gasteiger partial charge in [0.05, 0.1) is 14.8 Å². The van der Waals surface area contributed by atoms with E-state index in [9.17, 15) is 13.5 Å². The Hall–Kier alpha value is -2.11. The van der Waals surface area contributed by atoms with Crippen molar-refractivity contribution < 1.29 is 13.5 Å². The molecular weight excluding hydrogens is 334 g/mol. The molecule has 0 spiro atoms. The van der Waals surface area contributed by atoms with Crippen molar-refractivity contribution in [3.63, 3.8) is 0 Å². The number of fused-ring (bicyclic) bond motifs is 1. The molecule has 1 N–H and O–H groups in total. The number of halogens is 1. The SMILES string of the molecule is Cc1ccc(S(=O)(=O)c2cc(Cl)c(O)c3ncccc23)cc1C. The van der Waals surface area contributed by atoms with Crippen LogP contribution in [0, 0.1) is 13.8 Å². The van der Waals surface area contributed by atoms with Crippen molar-refractivity contribution in [3.05, 3.63) is 58.7 Å². The van der Waals surface area contributed by atoms with Gasteiger partial charge in [-0.1, -0.05) is 17.7 Å². The third-order valence-electron chi connectivity index (χ3n) is 3.86. The molecule has 0 bridgehead atoms. The van der Waals surface area contributed by atoms with Crippen LogP contribution < -0.4 is 0 Å². The number of pyridine rings is 1. The third kappa shape index (κ3) is 2.56. The van der Waals surface area contributed by atoms with E-state index in [1.807, 2.05) is 13.8 Å². The average molecular weight is 348 g/mol. The van der Waals surface area contributed by atoms with Crippen LogP contribution in [0.2, 0.25) is 5.02 Å². The average Bonchev–Trinajstić information content (AvgIpc) is 2.53. The van der Waals surface area contributed by atoms with Crippen LogP contribution in [0.25, 0.3) is 10.9 Å². The molecule has 0 unspecified atom stereocenters. The van der Waals surface area contributed by atoms with Crippen LogP contribution >= 0.6 is 11.6 Å². The molecule has 6 heteroatoms. The Kier molecular flexibility index (Phi) is 3.78. The fraction of sp³-hybridized carbons (Fsp3) is 0.118. The van der Waals surface area contributed by atoms with E-state index in [4.69, 9.17) is 11.6 Å². The van der Waals surface area contributed by atoms with Gasteiger partial charge in [0.1, 0.15) is 5.52 Å². The zero-order chi connectivity index (χ0) is 16.8. The molecule has 4 nitrogen and oxygen atoms in total. The molecule has 0 radical (unpaired) electrons. The Morgan fingerprint density at radius 2 is 1.83 bits per heavy atom. The number of hydrogen-bond acceptors (Lipinski definition) is 4. The summed E-state index contributed by atoms with van der Waals surface area (Å²) >= 11 is 5.99. The van der Waals surface area contributed by atoms with Crippen LogP contribution in [0.5, 0.6) is 5.75 Å². The summed E-state index contributed by atoms with van der Waals surface area (Å²) in [5, 5.41) is 10.3. The minimum absolute atomic E-state index is 0.0339. The first kappa shape index (κ1) is 15.8. The van der Waals surface area contributed by atoms with Crippen LogP contribution in [-0.4, -0.2) is 18.5 Å². The van der Waals surface area contributed by atoms with Crippen molar-refractivity contribution in [2.75, 3.05) is 0 Å². The van der Waals surface area contributed by atoms with Crippen LogP contribution in [0.15, 0.2) is 52.4 Å². The van der Waals surface area contributed by atoms with E-state index in [0.29, 0.717) is 5.39 Å². The largest absolute Gasteiger partial charge is 0.504 e. The van der Waals surface area contributed by atoms with Gasteiger partial charge < -0.3 is 5.11 Å². The minimum atomic E-state index is -3.78. The zero-order valence-corrected chi connectivity index (χ0v) is 14.1. The van der Waals surface area contributed by atoms with Gasteiger partial charge in [-0.05, 0) is 55.3 Å². The fourth-order valence-corrected chi connectivity index (χ4v) is 4.22. The number of nitrogens with zero attached hydrogens (tertiary/aromatic N) is 1. The molecule has 23 heavy (non-hydrogen) atoms. The number of sulfone groups is 1. The van der Waals surface area contributed by atoms with E-state index in [-0.39, 0.29) is 26.1 Å². The summed E-state index contributed by atoms with van der Waals surface area (Å²) in [4.78, 5) is 4.26. The number of aromatic nitrogens is 1. The van der Waals surface area contributed by atoms with Crippen molar-refractivity contribution in [2.45, 2.75) is 23.6 Å². The fourth-order valence-electron chi connectivity index (χ4n) is 2.40. The molecule has 0 amide bonds. The van der Waals surface area contributed by atoms with Gasteiger partial charge in [-0.15, -0.1) is 0 Å². The summed E-state index contributed by atoms with van der Waals surface area (Å²) in [5.41, 5.74) is 2.07. The van der Waals surface area contributed by atoms with Crippen molar-refractivity contribution in [1.29, 1.82) is 0 Å². The van der Waals surface area contributed by atoms with Crippen molar-refractivity contribution in [3.8, 4) is 5.75 Å². The van der Waals surface area contributed by atoms with E-state index in [0.717, 1.165) is 11.1 Å². The lowest BCUT2D eigenvalue weighted by molar-refractivity contribution is 0.480. The molecule has 3 aromatic rings. The second-order valence-corrected chi connectivity index (χ2v) is 7.68. The molecule has 0 saturated heterocycles. The lowest BCUT2D eigenvalue weighted by Gasteiger charge is -2.11. The maximum Gasteiger partial charge on any atom is 0.207 e. The molecule has 118 valence electrons. The standard InChI is InChI=1S/C17H14ClNO3S/c1-10-5-6-12(8-11(10)2)23(21,22)15-9-14(18)17(20)16-13(15)4-3-7-19-16/h3-9,20H,1-2H3. The number of phenols is 1. The smallest absolute Gasteiger partial charge is 0.207 e. The molecular formula is C17H14ClNO3S. The lowest BCUT2D eigenvalue weighted by Crippen LogP contribution is -2.04. The minimum Gasteiger partial charge on any atom is -0.504 e. The first-order valence-corrected chi connectivity index (χ1v) is 8.77. The summed E-state index contributed by atoms with van der Waals surface area (Å²) < 4.78 is 26.0. The van der Waals surface area contributed by atoms with Crippen LogP contribution in [0.4, 0.5) is 0 Å². The van der Waals surface area contributed by atoms with Gasteiger partial charge in [-0.2, -0.15) is 0 Å². The van der Waals surface area contributed by atoms with Crippen molar-refractivity contribution in [1.82, 2.24) is 4.98 Å². The quantitative estimate of drug-likeness (QED) is 0.759.